The Bertz CT molecular complexity index is 1690. The monoisotopic (exact) mass is 668 g/mol. The summed E-state index contributed by atoms with van der Waals surface area (Å²) in [5.41, 5.74) is -3.07. The molecular formula is C35H29F9O3. The van der Waals surface area contributed by atoms with Crippen LogP contribution in [0.1, 0.15) is 56.4 Å². The van der Waals surface area contributed by atoms with Crippen LogP contribution in [-0.2, 0) is 15.6 Å². The van der Waals surface area contributed by atoms with Gasteiger partial charge in [0, 0.05) is 28.7 Å². The van der Waals surface area contributed by atoms with Crippen molar-refractivity contribution in [3.63, 3.8) is 0 Å². The fourth-order valence-electron chi connectivity index (χ4n) is 5.38. The van der Waals surface area contributed by atoms with Crippen LogP contribution in [0.4, 0.5) is 39.5 Å². The van der Waals surface area contributed by atoms with E-state index in [0.717, 1.165) is 50.3 Å². The summed E-state index contributed by atoms with van der Waals surface area (Å²) in [6.07, 6.45) is -0.112. The van der Waals surface area contributed by atoms with Gasteiger partial charge < -0.3 is 14.2 Å². The first-order valence-corrected chi connectivity index (χ1v) is 14.9. The van der Waals surface area contributed by atoms with E-state index in [2.05, 4.69) is 11.7 Å². The maximum atomic E-state index is 15.1. The molecule has 0 atom stereocenters. The molecule has 4 aromatic carbocycles. The van der Waals surface area contributed by atoms with Crippen LogP contribution in [0.5, 0.6) is 5.75 Å². The molecule has 5 rings (SSSR count). The van der Waals surface area contributed by atoms with Crippen LogP contribution in [-0.4, -0.2) is 13.2 Å². The number of rotatable bonds is 11. The predicted molar refractivity (Wildman–Crippen MR) is 155 cm³/mol. The van der Waals surface area contributed by atoms with Gasteiger partial charge in [-0.1, -0.05) is 44.7 Å². The summed E-state index contributed by atoms with van der Waals surface area (Å²) < 4.78 is 146. The Morgan fingerprint density at radius 2 is 1.21 bits per heavy atom. The highest BCUT2D eigenvalue weighted by molar-refractivity contribution is 5.66. The number of hydrogen-bond donors (Lipinski definition) is 0. The highest BCUT2D eigenvalue weighted by Gasteiger charge is 2.41. The molecule has 0 N–H and O–H groups in total. The summed E-state index contributed by atoms with van der Waals surface area (Å²) in [7, 11) is 0. The molecule has 0 spiro atoms. The zero-order valence-corrected chi connectivity index (χ0v) is 25.0. The van der Waals surface area contributed by atoms with Crippen molar-refractivity contribution in [2.75, 3.05) is 13.2 Å². The van der Waals surface area contributed by atoms with Crippen molar-refractivity contribution in [1.82, 2.24) is 0 Å². The van der Waals surface area contributed by atoms with Gasteiger partial charge in [0.2, 0.25) is 0 Å². The molecule has 250 valence electrons. The van der Waals surface area contributed by atoms with E-state index in [1.807, 2.05) is 0 Å². The molecule has 47 heavy (non-hydrogen) atoms. The fraction of sp³-hybridized carbons (Fsp3) is 0.314. The number of halogens is 9. The van der Waals surface area contributed by atoms with Gasteiger partial charge in [-0.2, -0.15) is 8.78 Å². The molecule has 0 aliphatic carbocycles. The molecule has 0 amide bonds. The highest BCUT2D eigenvalue weighted by Crippen LogP contribution is 2.39. The number of ether oxygens (including phenoxy) is 3. The van der Waals surface area contributed by atoms with E-state index in [1.54, 1.807) is 0 Å². The lowest BCUT2D eigenvalue weighted by Crippen LogP contribution is -2.27. The lowest BCUT2D eigenvalue weighted by Gasteiger charge is -2.29. The Hall–Kier alpha value is -4.03. The van der Waals surface area contributed by atoms with E-state index in [4.69, 9.17) is 9.47 Å². The molecule has 1 fully saturated rings. The lowest BCUT2D eigenvalue weighted by atomic mass is 9.99. The Balaban J connectivity index is 1.29. The van der Waals surface area contributed by atoms with Gasteiger partial charge in [0.25, 0.3) is 0 Å². The number of unbranched alkanes of at least 4 members (excludes halogenated alkanes) is 3. The molecule has 1 saturated heterocycles. The van der Waals surface area contributed by atoms with Gasteiger partial charge in [0.05, 0.1) is 13.2 Å². The Kier molecular flexibility index (Phi) is 10.5. The minimum Gasteiger partial charge on any atom is -0.429 e. The highest BCUT2D eigenvalue weighted by atomic mass is 19.3. The molecule has 0 unspecified atom stereocenters. The van der Waals surface area contributed by atoms with Crippen molar-refractivity contribution in [3.8, 4) is 28.0 Å². The van der Waals surface area contributed by atoms with Crippen molar-refractivity contribution in [2.45, 2.75) is 51.4 Å². The maximum absolute atomic E-state index is 15.1. The van der Waals surface area contributed by atoms with E-state index < -0.39 is 75.6 Å². The molecule has 3 nitrogen and oxygen atoms in total. The van der Waals surface area contributed by atoms with Crippen LogP contribution in [0.25, 0.3) is 22.3 Å². The summed E-state index contributed by atoms with van der Waals surface area (Å²) in [6, 6.07) is 7.73. The standard InChI is InChI=1S/C35H29F9O3/c1-2-3-4-5-6-19-17-45-34(46-18-19)20-7-9-24(26(36)11-20)21-12-28(38)32(29(39)13-21)35(43,44)47-23-8-10-25(27(37)16-23)22-14-30(40)33(42)31(41)15-22/h7-16,19,34H,2-6,17-18H2,1H3. The fourth-order valence-corrected chi connectivity index (χ4v) is 5.38. The van der Waals surface area contributed by atoms with Crippen molar-refractivity contribution in [3.05, 3.63) is 113 Å². The quantitative estimate of drug-likeness (QED) is 0.0905. The normalized spacial score (nSPS) is 16.8. The third kappa shape index (κ3) is 7.76. The average Bonchev–Trinajstić information content (AvgIpc) is 3.01. The minimum absolute atomic E-state index is 0.218. The second-order valence-corrected chi connectivity index (χ2v) is 11.3. The van der Waals surface area contributed by atoms with Crippen molar-refractivity contribution < 1.29 is 53.7 Å². The van der Waals surface area contributed by atoms with E-state index in [9.17, 15) is 26.3 Å². The molecule has 1 aliphatic rings. The van der Waals surface area contributed by atoms with Crippen LogP contribution >= 0.6 is 0 Å². The second kappa shape index (κ2) is 14.4. The molecule has 1 heterocycles. The van der Waals surface area contributed by atoms with Crippen LogP contribution in [0.15, 0.2) is 60.7 Å². The van der Waals surface area contributed by atoms with Crippen molar-refractivity contribution >= 4 is 0 Å². The van der Waals surface area contributed by atoms with Crippen LogP contribution < -0.4 is 4.74 Å². The molecule has 0 radical (unpaired) electrons. The van der Waals surface area contributed by atoms with Gasteiger partial charge >= 0.3 is 6.11 Å². The third-order valence-corrected chi connectivity index (χ3v) is 7.82. The van der Waals surface area contributed by atoms with E-state index >= 15 is 13.2 Å². The van der Waals surface area contributed by atoms with Crippen LogP contribution in [0.3, 0.4) is 0 Å². The zero-order valence-electron chi connectivity index (χ0n) is 25.0. The first-order chi connectivity index (χ1) is 22.4. The Morgan fingerprint density at radius 3 is 1.77 bits per heavy atom. The van der Waals surface area contributed by atoms with Gasteiger partial charge in [-0.25, -0.2) is 30.7 Å². The largest absolute Gasteiger partial charge is 0.432 e. The van der Waals surface area contributed by atoms with Crippen LogP contribution in [0.2, 0.25) is 0 Å². The molecular weight excluding hydrogens is 639 g/mol. The second-order valence-electron chi connectivity index (χ2n) is 11.3. The van der Waals surface area contributed by atoms with Gasteiger partial charge in [-0.05, 0) is 60.0 Å². The van der Waals surface area contributed by atoms with Crippen molar-refractivity contribution in [2.24, 2.45) is 5.92 Å². The zero-order chi connectivity index (χ0) is 33.9. The lowest BCUT2D eigenvalue weighted by molar-refractivity contribution is -0.206. The number of alkyl halides is 2. The first-order valence-electron chi connectivity index (χ1n) is 14.9. The Morgan fingerprint density at radius 1 is 0.660 bits per heavy atom. The van der Waals surface area contributed by atoms with Gasteiger partial charge in [-0.15, -0.1) is 0 Å². The summed E-state index contributed by atoms with van der Waals surface area (Å²) in [5, 5.41) is 0. The van der Waals surface area contributed by atoms with E-state index in [0.29, 0.717) is 49.1 Å². The first kappa shape index (κ1) is 34.3. The Labute approximate surface area is 264 Å². The van der Waals surface area contributed by atoms with Crippen LogP contribution in [0, 0.1) is 46.6 Å². The molecule has 0 bridgehead atoms. The minimum atomic E-state index is -4.68. The van der Waals surface area contributed by atoms with Gasteiger partial charge in [-0.3, -0.25) is 0 Å². The summed E-state index contributed by atoms with van der Waals surface area (Å²) in [6.45, 7) is 2.99. The summed E-state index contributed by atoms with van der Waals surface area (Å²) >= 11 is 0. The SMILES string of the molecule is CCCCCCC1COC(c2ccc(-c3cc(F)c(C(F)(F)Oc4ccc(-c5cc(F)c(F)c(F)c5)c(F)c4)c(F)c3)c(F)c2)OC1. The molecule has 0 aromatic heterocycles. The summed E-state index contributed by atoms with van der Waals surface area (Å²) in [5.74, 6) is -11.4. The van der Waals surface area contributed by atoms with Gasteiger partial charge in [0.1, 0.15) is 34.6 Å². The number of hydrogen-bond acceptors (Lipinski definition) is 3. The molecule has 4 aromatic rings. The van der Waals surface area contributed by atoms with Gasteiger partial charge in [0.15, 0.2) is 23.7 Å². The predicted octanol–water partition coefficient (Wildman–Crippen LogP) is 10.8. The molecule has 1 aliphatic heterocycles. The average molecular weight is 669 g/mol. The summed E-state index contributed by atoms with van der Waals surface area (Å²) in [4.78, 5) is 0. The number of benzene rings is 4. The topological polar surface area (TPSA) is 27.7 Å². The van der Waals surface area contributed by atoms with Crippen molar-refractivity contribution in [1.29, 1.82) is 0 Å². The molecule has 0 saturated carbocycles. The third-order valence-electron chi connectivity index (χ3n) is 7.82. The maximum Gasteiger partial charge on any atom is 0.432 e. The van der Waals surface area contributed by atoms with E-state index in [1.165, 1.54) is 12.1 Å². The smallest absolute Gasteiger partial charge is 0.429 e. The molecule has 12 heteroatoms. The van der Waals surface area contributed by atoms with E-state index in [-0.39, 0.29) is 17.0 Å².